The van der Waals surface area contributed by atoms with Crippen LogP contribution in [0, 0.1) is 0 Å². The molecule has 12 heteroatoms. The summed E-state index contributed by atoms with van der Waals surface area (Å²) in [6.45, 7) is 7.64. The molecule has 0 saturated carbocycles. The third-order valence-electron chi connectivity index (χ3n) is 5.87. The highest BCUT2D eigenvalue weighted by Crippen LogP contribution is 2.37. The average Bonchev–Trinajstić information content (AvgIpc) is 3.20. The van der Waals surface area contributed by atoms with Crippen LogP contribution in [0.4, 0.5) is 18.3 Å². The van der Waals surface area contributed by atoms with Gasteiger partial charge >= 0.3 is 6.18 Å². The van der Waals surface area contributed by atoms with Crippen molar-refractivity contribution in [3.8, 4) is 5.75 Å². The van der Waals surface area contributed by atoms with E-state index in [1.54, 1.807) is 13.0 Å². The highest BCUT2D eigenvalue weighted by molar-refractivity contribution is 7.22. The van der Waals surface area contributed by atoms with Gasteiger partial charge in [-0.3, -0.25) is 15.0 Å². The van der Waals surface area contributed by atoms with Gasteiger partial charge in [0.25, 0.3) is 5.91 Å². The highest BCUT2D eigenvalue weighted by atomic mass is 35.5. The molecule has 0 bridgehead atoms. The second kappa shape index (κ2) is 11.1. The number of rotatable bonds is 7. The number of nitrogens with one attached hydrogen (secondary N) is 1. The Morgan fingerprint density at radius 3 is 2.59 bits per heavy atom. The number of anilines is 1. The van der Waals surface area contributed by atoms with Gasteiger partial charge in [-0.1, -0.05) is 22.9 Å². The minimum atomic E-state index is -4.54. The summed E-state index contributed by atoms with van der Waals surface area (Å²) in [7, 11) is 0. The van der Waals surface area contributed by atoms with Crippen molar-refractivity contribution in [3.63, 3.8) is 0 Å². The lowest BCUT2D eigenvalue weighted by atomic mass is 10.1. The number of hydrogen-bond acceptors (Lipinski definition) is 7. The van der Waals surface area contributed by atoms with Crippen molar-refractivity contribution in [3.05, 3.63) is 51.5 Å². The number of phenolic OH excluding ortho intramolecular Hbond substituents is 1. The molecular weight excluding hydrogens is 531 g/mol. The molecule has 1 amide bonds. The molecule has 1 aromatic heterocycles. The van der Waals surface area contributed by atoms with Crippen LogP contribution in [0.5, 0.6) is 5.75 Å². The van der Waals surface area contributed by atoms with Crippen LogP contribution in [-0.4, -0.2) is 52.8 Å². The van der Waals surface area contributed by atoms with Gasteiger partial charge in [-0.15, -0.1) is 0 Å². The Balaban J connectivity index is 1.61. The maximum atomic E-state index is 13.4. The molecule has 1 aliphatic rings. The number of aromatic nitrogens is 1. The van der Waals surface area contributed by atoms with E-state index in [0.717, 1.165) is 23.5 Å². The smallest absolute Gasteiger partial charge is 0.416 e. The van der Waals surface area contributed by atoms with Crippen molar-refractivity contribution < 1.29 is 32.5 Å². The van der Waals surface area contributed by atoms with E-state index in [2.05, 4.69) is 15.2 Å². The Labute approximate surface area is 221 Å². The third kappa shape index (κ3) is 6.53. The minimum Gasteiger partial charge on any atom is -0.507 e. The zero-order valence-electron chi connectivity index (χ0n) is 20.5. The SMILES string of the molecule is CCOCc1cc(C(F)(F)F)cc2sc(NC(=O)c3cc(Cl)cc(CN4CC(C)O[C@H](C)C4)c3O)nc12. The van der Waals surface area contributed by atoms with Crippen molar-refractivity contribution >= 4 is 44.2 Å². The number of ether oxygens (including phenoxy) is 2. The van der Waals surface area contributed by atoms with E-state index in [-0.39, 0.29) is 50.5 Å². The normalized spacial score (nSPS) is 18.9. The van der Waals surface area contributed by atoms with Gasteiger partial charge in [0.2, 0.25) is 0 Å². The Morgan fingerprint density at radius 1 is 1.24 bits per heavy atom. The number of nitrogens with zero attached hydrogens (tertiary/aromatic N) is 2. The first-order chi connectivity index (χ1) is 17.4. The van der Waals surface area contributed by atoms with Crippen molar-refractivity contribution in [2.75, 3.05) is 25.0 Å². The molecule has 4 rings (SSSR count). The minimum absolute atomic E-state index is 0.0253. The number of halogens is 4. The van der Waals surface area contributed by atoms with Gasteiger partial charge < -0.3 is 14.6 Å². The van der Waals surface area contributed by atoms with Gasteiger partial charge in [0.15, 0.2) is 5.13 Å². The quantitative estimate of drug-likeness (QED) is 0.367. The highest BCUT2D eigenvalue weighted by Gasteiger charge is 2.32. The Hall–Kier alpha value is -2.44. The Bertz CT molecular complexity index is 1290. The maximum Gasteiger partial charge on any atom is 0.416 e. The lowest BCUT2D eigenvalue weighted by Gasteiger charge is -2.35. The molecule has 0 radical (unpaired) electrons. The van der Waals surface area contributed by atoms with Gasteiger partial charge in [-0.2, -0.15) is 13.2 Å². The van der Waals surface area contributed by atoms with Crippen molar-refractivity contribution in [2.45, 2.75) is 52.3 Å². The van der Waals surface area contributed by atoms with Crippen LogP contribution < -0.4 is 5.32 Å². The van der Waals surface area contributed by atoms with Gasteiger partial charge in [-0.25, -0.2) is 4.98 Å². The average molecular weight is 558 g/mol. The zero-order chi connectivity index (χ0) is 26.9. The molecule has 1 fully saturated rings. The van der Waals surface area contributed by atoms with Crippen LogP contribution >= 0.6 is 22.9 Å². The molecule has 3 aromatic rings. The lowest BCUT2D eigenvalue weighted by molar-refractivity contribution is -0.137. The Kier molecular flexibility index (Phi) is 8.29. The number of amides is 1. The van der Waals surface area contributed by atoms with Gasteiger partial charge in [-0.05, 0) is 45.0 Å². The fourth-order valence-electron chi connectivity index (χ4n) is 4.41. The fraction of sp³-hybridized carbons (Fsp3) is 0.440. The van der Waals surface area contributed by atoms with E-state index < -0.39 is 17.6 Å². The lowest BCUT2D eigenvalue weighted by Crippen LogP contribution is -2.44. The molecule has 2 heterocycles. The number of aromatic hydroxyl groups is 1. The van der Waals surface area contributed by atoms with Crippen LogP contribution in [0.25, 0.3) is 10.2 Å². The van der Waals surface area contributed by atoms with E-state index in [1.807, 2.05) is 13.8 Å². The molecular formula is C25H27ClF3N3O4S. The van der Waals surface area contributed by atoms with E-state index >= 15 is 0 Å². The number of phenols is 1. The van der Waals surface area contributed by atoms with Crippen LogP contribution in [0.3, 0.4) is 0 Å². The molecule has 37 heavy (non-hydrogen) atoms. The molecule has 2 atom stereocenters. The topological polar surface area (TPSA) is 83.9 Å². The van der Waals surface area contributed by atoms with E-state index in [1.165, 1.54) is 6.07 Å². The van der Waals surface area contributed by atoms with Crippen LogP contribution in [-0.2, 0) is 28.8 Å². The number of benzene rings is 2. The molecule has 0 aliphatic carbocycles. The first-order valence-electron chi connectivity index (χ1n) is 11.7. The molecule has 1 saturated heterocycles. The van der Waals surface area contributed by atoms with Crippen molar-refractivity contribution in [1.82, 2.24) is 9.88 Å². The third-order valence-corrected chi connectivity index (χ3v) is 7.01. The van der Waals surface area contributed by atoms with E-state index in [4.69, 9.17) is 21.1 Å². The predicted octanol–water partition coefficient (Wildman–Crippen LogP) is 6.07. The molecule has 2 N–H and O–H groups in total. The number of fused-ring (bicyclic) bond motifs is 1. The summed E-state index contributed by atoms with van der Waals surface area (Å²) in [5.41, 5.74) is 0.192. The molecule has 0 spiro atoms. The monoisotopic (exact) mass is 557 g/mol. The summed E-state index contributed by atoms with van der Waals surface area (Å²) in [6.07, 6.45) is -4.49. The summed E-state index contributed by atoms with van der Waals surface area (Å²) in [4.78, 5) is 19.5. The van der Waals surface area contributed by atoms with E-state index in [0.29, 0.717) is 37.3 Å². The summed E-state index contributed by atoms with van der Waals surface area (Å²) in [5, 5.41) is 13.9. The van der Waals surface area contributed by atoms with Crippen LogP contribution in [0.1, 0.15) is 47.8 Å². The molecule has 2 aromatic carbocycles. The van der Waals surface area contributed by atoms with Crippen molar-refractivity contribution in [2.24, 2.45) is 0 Å². The number of carbonyl (C=O) groups is 1. The van der Waals surface area contributed by atoms with Gasteiger partial charge in [0.1, 0.15) is 5.75 Å². The van der Waals surface area contributed by atoms with E-state index in [9.17, 15) is 23.1 Å². The number of hydrogen-bond donors (Lipinski definition) is 2. The number of thiazole rings is 1. The number of carbonyl (C=O) groups excluding carboxylic acids is 1. The standard InChI is InChI=1S/C25H27ClF3N3O4S/c1-4-35-12-16-5-17(25(27,28)29)7-20-21(16)30-24(37-20)31-23(34)19-8-18(26)6-15(22(19)33)11-32-9-13(2)36-14(3)10-32/h5-8,13-14,33H,4,9-12H2,1-3H3,(H,30,31,34)/t13-,14?/m1/s1. The van der Waals surface area contributed by atoms with Crippen LogP contribution in [0.15, 0.2) is 24.3 Å². The first kappa shape index (κ1) is 27.6. The van der Waals surface area contributed by atoms with Crippen molar-refractivity contribution in [1.29, 1.82) is 0 Å². The second-order valence-electron chi connectivity index (χ2n) is 9.00. The van der Waals surface area contributed by atoms with Crippen LogP contribution in [0.2, 0.25) is 5.02 Å². The first-order valence-corrected chi connectivity index (χ1v) is 12.9. The predicted molar refractivity (Wildman–Crippen MR) is 136 cm³/mol. The molecule has 200 valence electrons. The molecule has 1 unspecified atom stereocenters. The van der Waals surface area contributed by atoms with Gasteiger partial charge in [0.05, 0.1) is 40.2 Å². The summed E-state index contributed by atoms with van der Waals surface area (Å²) in [5.74, 6) is -0.891. The molecule has 1 aliphatic heterocycles. The van der Waals surface area contributed by atoms with Gasteiger partial charge in [0, 0.05) is 42.4 Å². The number of alkyl halides is 3. The largest absolute Gasteiger partial charge is 0.507 e. The summed E-state index contributed by atoms with van der Waals surface area (Å²) in [6, 6.07) is 4.95. The summed E-state index contributed by atoms with van der Waals surface area (Å²) < 4.78 is 51.6. The summed E-state index contributed by atoms with van der Waals surface area (Å²) >= 11 is 7.18. The molecule has 7 nitrogen and oxygen atoms in total. The fourth-order valence-corrected chi connectivity index (χ4v) is 5.60. The zero-order valence-corrected chi connectivity index (χ0v) is 22.1. The maximum absolute atomic E-state index is 13.4. The second-order valence-corrected chi connectivity index (χ2v) is 10.5. The number of morpholine rings is 1. The Morgan fingerprint density at radius 2 is 1.95 bits per heavy atom.